The van der Waals surface area contributed by atoms with E-state index < -0.39 is 0 Å². The van der Waals surface area contributed by atoms with Crippen LogP contribution in [0.15, 0.2) is 42.5 Å². The molecule has 0 aliphatic heterocycles. The zero-order chi connectivity index (χ0) is 13.9. The maximum absolute atomic E-state index is 12.7. The third-order valence-electron chi connectivity index (χ3n) is 4.06. The number of fused-ring (bicyclic) bond motifs is 5. The number of ether oxygens (including phenoxy) is 1. The number of aromatic nitrogens is 1. The van der Waals surface area contributed by atoms with Crippen LogP contribution in [-0.2, 0) is 7.05 Å². The minimum absolute atomic E-state index is 0.0886. The van der Waals surface area contributed by atoms with Crippen LogP contribution in [0.3, 0.4) is 0 Å². The molecule has 3 nitrogen and oxygen atoms in total. The number of carbonyl (C=O) groups excluding carboxylic acids is 1. The van der Waals surface area contributed by atoms with Crippen LogP contribution >= 0.6 is 0 Å². The Morgan fingerprint density at radius 2 is 1.85 bits per heavy atom. The van der Waals surface area contributed by atoms with Gasteiger partial charge in [-0.2, -0.15) is 0 Å². The molecule has 0 amide bonds. The first-order valence-electron chi connectivity index (χ1n) is 6.53. The van der Waals surface area contributed by atoms with Crippen LogP contribution in [0.4, 0.5) is 0 Å². The normalized spacial score (nSPS) is 12.6. The van der Waals surface area contributed by atoms with Gasteiger partial charge in [0.2, 0.25) is 0 Å². The van der Waals surface area contributed by atoms with E-state index in [1.165, 1.54) is 0 Å². The Hall–Kier alpha value is -2.55. The van der Waals surface area contributed by atoms with Gasteiger partial charge in [-0.05, 0) is 24.3 Å². The van der Waals surface area contributed by atoms with Crippen molar-refractivity contribution in [3.05, 3.63) is 53.6 Å². The Morgan fingerprint density at radius 1 is 1.05 bits per heavy atom. The zero-order valence-corrected chi connectivity index (χ0v) is 11.3. The minimum atomic E-state index is 0.0886. The van der Waals surface area contributed by atoms with Crippen LogP contribution in [-0.4, -0.2) is 17.5 Å². The highest BCUT2D eigenvalue weighted by Gasteiger charge is 2.32. The van der Waals surface area contributed by atoms with Gasteiger partial charge in [-0.3, -0.25) is 4.79 Å². The fourth-order valence-corrected chi connectivity index (χ4v) is 3.12. The molecule has 4 rings (SSSR count). The summed E-state index contributed by atoms with van der Waals surface area (Å²) in [7, 11) is 3.62. The monoisotopic (exact) mass is 263 g/mol. The molecule has 0 fully saturated rings. The topological polar surface area (TPSA) is 31.2 Å². The van der Waals surface area contributed by atoms with E-state index in [1.54, 1.807) is 7.11 Å². The van der Waals surface area contributed by atoms with Gasteiger partial charge in [0.05, 0.1) is 18.4 Å². The van der Waals surface area contributed by atoms with E-state index in [-0.39, 0.29) is 5.78 Å². The van der Waals surface area contributed by atoms with Gasteiger partial charge in [-0.15, -0.1) is 0 Å². The van der Waals surface area contributed by atoms with E-state index in [0.717, 1.165) is 33.3 Å². The highest BCUT2D eigenvalue weighted by molar-refractivity contribution is 6.27. The summed E-state index contributed by atoms with van der Waals surface area (Å²) >= 11 is 0. The summed E-state index contributed by atoms with van der Waals surface area (Å²) in [5, 5.41) is 1.02. The molecule has 0 bridgehead atoms. The molecule has 0 N–H and O–H groups in total. The molecule has 0 saturated carbocycles. The van der Waals surface area contributed by atoms with Crippen molar-refractivity contribution in [1.82, 2.24) is 4.57 Å². The average Bonchev–Trinajstić information content (AvgIpc) is 2.95. The molecule has 1 heterocycles. The number of rotatable bonds is 1. The summed E-state index contributed by atoms with van der Waals surface area (Å²) in [4.78, 5) is 12.7. The molecular weight excluding hydrogens is 250 g/mol. The third kappa shape index (κ3) is 1.22. The summed E-state index contributed by atoms with van der Waals surface area (Å²) in [6.45, 7) is 0. The zero-order valence-electron chi connectivity index (χ0n) is 11.3. The second-order valence-electron chi connectivity index (χ2n) is 5.04. The number of hydrogen-bond donors (Lipinski definition) is 0. The molecule has 0 spiro atoms. The van der Waals surface area contributed by atoms with Gasteiger partial charge < -0.3 is 9.30 Å². The SMILES string of the molecule is COc1ccc2c(c1)C(=O)c1c-2n(C)c2ccccc12. The molecule has 2 aromatic carbocycles. The number of nitrogens with zero attached hydrogens (tertiary/aromatic N) is 1. The summed E-state index contributed by atoms with van der Waals surface area (Å²) in [6.07, 6.45) is 0. The number of carbonyl (C=O) groups is 1. The van der Waals surface area contributed by atoms with E-state index in [1.807, 2.05) is 49.5 Å². The molecule has 0 radical (unpaired) electrons. The maximum atomic E-state index is 12.7. The summed E-state index contributed by atoms with van der Waals surface area (Å²) in [5.41, 5.74) is 4.63. The Bertz CT molecular complexity index is 874. The Morgan fingerprint density at radius 3 is 2.65 bits per heavy atom. The third-order valence-corrected chi connectivity index (χ3v) is 4.06. The van der Waals surface area contributed by atoms with Crippen LogP contribution in [0.2, 0.25) is 0 Å². The molecule has 1 aromatic heterocycles. The number of ketones is 1. The lowest BCUT2D eigenvalue weighted by atomic mass is 10.1. The highest BCUT2D eigenvalue weighted by atomic mass is 16.5. The predicted octanol–water partition coefficient (Wildman–Crippen LogP) is 3.40. The molecule has 0 atom stereocenters. The average molecular weight is 263 g/mol. The second-order valence-corrected chi connectivity index (χ2v) is 5.04. The number of benzene rings is 2. The summed E-state index contributed by atoms with van der Waals surface area (Å²) in [5.74, 6) is 0.805. The standard InChI is InChI=1S/C17H13NO2/c1-18-14-6-4-3-5-12(14)15-16(18)11-8-7-10(20-2)9-13(11)17(15)19/h3-9H,1-2H3. The Labute approximate surface area is 116 Å². The first-order chi connectivity index (χ1) is 9.72. The van der Waals surface area contributed by atoms with Gasteiger partial charge in [0.25, 0.3) is 0 Å². The van der Waals surface area contributed by atoms with Crippen LogP contribution in [0, 0.1) is 0 Å². The van der Waals surface area contributed by atoms with Gasteiger partial charge in [-0.25, -0.2) is 0 Å². The van der Waals surface area contributed by atoms with Crippen LogP contribution < -0.4 is 4.74 Å². The molecule has 3 aromatic rings. The van der Waals surface area contributed by atoms with Gasteiger partial charge in [0, 0.05) is 29.1 Å². The van der Waals surface area contributed by atoms with Crippen LogP contribution in [0.25, 0.3) is 22.2 Å². The summed E-state index contributed by atoms with van der Waals surface area (Å²) in [6, 6.07) is 13.7. The van der Waals surface area contributed by atoms with E-state index >= 15 is 0 Å². The van der Waals surface area contributed by atoms with Crippen molar-refractivity contribution >= 4 is 16.7 Å². The number of para-hydroxylation sites is 1. The first-order valence-corrected chi connectivity index (χ1v) is 6.53. The molecular formula is C17H13NO2. The van der Waals surface area contributed by atoms with Crippen LogP contribution in [0.5, 0.6) is 5.75 Å². The van der Waals surface area contributed by atoms with E-state index in [0.29, 0.717) is 5.75 Å². The fourth-order valence-electron chi connectivity index (χ4n) is 3.12. The lowest BCUT2D eigenvalue weighted by Crippen LogP contribution is -1.96. The molecule has 0 saturated heterocycles. The minimum Gasteiger partial charge on any atom is -0.497 e. The van der Waals surface area contributed by atoms with Gasteiger partial charge in [0.1, 0.15) is 5.75 Å². The quantitative estimate of drug-likeness (QED) is 0.527. The summed E-state index contributed by atoms with van der Waals surface area (Å²) < 4.78 is 7.32. The van der Waals surface area contributed by atoms with Crippen molar-refractivity contribution < 1.29 is 9.53 Å². The number of hydrogen-bond acceptors (Lipinski definition) is 2. The molecule has 1 aliphatic carbocycles. The van der Waals surface area contributed by atoms with Crippen molar-refractivity contribution in [2.24, 2.45) is 7.05 Å². The first kappa shape index (κ1) is 11.3. The number of aryl methyl sites for hydroxylation is 1. The van der Waals surface area contributed by atoms with Crippen molar-refractivity contribution in [3.63, 3.8) is 0 Å². The Balaban J connectivity index is 2.12. The van der Waals surface area contributed by atoms with Crippen molar-refractivity contribution in [2.45, 2.75) is 0 Å². The van der Waals surface area contributed by atoms with Crippen molar-refractivity contribution in [3.8, 4) is 17.0 Å². The largest absolute Gasteiger partial charge is 0.497 e. The smallest absolute Gasteiger partial charge is 0.196 e. The van der Waals surface area contributed by atoms with E-state index in [9.17, 15) is 4.79 Å². The second kappa shape index (κ2) is 3.73. The van der Waals surface area contributed by atoms with E-state index in [2.05, 4.69) is 4.57 Å². The highest BCUT2D eigenvalue weighted by Crippen LogP contribution is 2.43. The predicted molar refractivity (Wildman–Crippen MR) is 78.3 cm³/mol. The molecule has 98 valence electrons. The van der Waals surface area contributed by atoms with Gasteiger partial charge in [0.15, 0.2) is 5.78 Å². The lowest BCUT2D eigenvalue weighted by Gasteiger charge is -2.06. The Kier molecular flexibility index (Phi) is 2.11. The van der Waals surface area contributed by atoms with Crippen molar-refractivity contribution in [1.29, 1.82) is 0 Å². The van der Waals surface area contributed by atoms with Crippen LogP contribution in [0.1, 0.15) is 15.9 Å². The molecule has 20 heavy (non-hydrogen) atoms. The molecule has 1 aliphatic rings. The number of methoxy groups -OCH3 is 1. The van der Waals surface area contributed by atoms with Crippen molar-refractivity contribution in [2.75, 3.05) is 7.11 Å². The molecule has 3 heteroatoms. The molecule has 0 unspecified atom stereocenters. The van der Waals surface area contributed by atoms with Gasteiger partial charge in [-0.1, -0.05) is 18.2 Å². The maximum Gasteiger partial charge on any atom is 0.196 e. The van der Waals surface area contributed by atoms with Gasteiger partial charge >= 0.3 is 0 Å². The lowest BCUT2D eigenvalue weighted by molar-refractivity contribution is 0.104. The van der Waals surface area contributed by atoms with E-state index in [4.69, 9.17) is 4.74 Å². The fraction of sp³-hybridized carbons (Fsp3) is 0.118.